The lowest BCUT2D eigenvalue weighted by molar-refractivity contribution is -0.385. The summed E-state index contributed by atoms with van der Waals surface area (Å²) in [6, 6.07) is 8.49. The molecule has 8 heteroatoms. The fraction of sp³-hybridized carbons (Fsp3) is 0. The van der Waals surface area contributed by atoms with Crippen LogP contribution < -0.4 is 4.74 Å². The highest BCUT2D eigenvalue weighted by Gasteiger charge is 2.19. The van der Waals surface area contributed by atoms with Crippen LogP contribution in [-0.4, -0.2) is 21.0 Å². The fourth-order valence-corrected chi connectivity index (χ4v) is 1.87. The first-order valence-electron chi connectivity index (χ1n) is 5.30. The third kappa shape index (κ3) is 2.91. The molecule has 0 saturated heterocycles. The van der Waals surface area contributed by atoms with Crippen molar-refractivity contribution in [2.75, 3.05) is 0 Å². The van der Waals surface area contributed by atoms with Gasteiger partial charge in [-0.05, 0) is 28.1 Å². The topological polar surface area (TPSA) is 103 Å². The average molecular weight is 339 g/mol. The lowest BCUT2D eigenvalue weighted by Crippen LogP contribution is -2.01. The van der Waals surface area contributed by atoms with Crippen molar-refractivity contribution in [3.8, 4) is 11.6 Å². The molecule has 1 aromatic carbocycles. The second kappa shape index (κ2) is 5.66. The van der Waals surface area contributed by atoms with Crippen LogP contribution in [0.5, 0.6) is 11.6 Å². The Morgan fingerprint density at radius 2 is 2.00 bits per heavy atom. The maximum absolute atomic E-state index is 10.9. The lowest BCUT2D eigenvalue weighted by Gasteiger charge is -2.07. The third-order valence-electron chi connectivity index (χ3n) is 2.29. The predicted octanol–water partition coefficient (Wildman–Crippen LogP) is 3.24. The van der Waals surface area contributed by atoms with E-state index in [0.29, 0.717) is 4.47 Å². The highest BCUT2D eigenvalue weighted by Crippen LogP contribution is 2.37. The van der Waals surface area contributed by atoms with Crippen LogP contribution in [0.4, 0.5) is 5.69 Å². The van der Waals surface area contributed by atoms with Crippen LogP contribution in [0.3, 0.4) is 0 Å². The van der Waals surface area contributed by atoms with Gasteiger partial charge in [0.2, 0.25) is 11.6 Å². The van der Waals surface area contributed by atoms with Crippen molar-refractivity contribution in [1.29, 1.82) is 0 Å². The molecule has 0 unspecified atom stereocenters. The molecule has 1 aromatic heterocycles. The molecule has 0 amide bonds. The van der Waals surface area contributed by atoms with Gasteiger partial charge in [-0.25, -0.2) is 9.78 Å². The maximum Gasteiger partial charge on any atom is 0.354 e. The Hall–Kier alpha value is -2.48. The van der Waals surface area contributed by atoms with E-state index in [1.54, 1.807) is 6.07 Å². The highest BCUT2D eigenvalue weighted by molar-refractivity contribution is 9.10. The molecule has 0 aliphatic carbocycles. The summed E-state index contributed by atoms with van der Waals surface area (Å²) >= 11 is 3.15. The Bertz CT molecular complexity index is 689. The molecule has 1 heterocycles. The molecule has 0 aliphatic rings. The van der Waals surface area contributed by atoms with E-state index < -0.39 is 10.9 Å². The quantitative estimate of drug-likeness (QED) is 0.678. The van der Waals surface area contributed by atoms with E-state index in [9.17, 15) is 14.9 Å². The first kappa shape index (κ1) is 13.9. The Labute approximate surface area is 121 Å². The van der Waals surface area contributed by atoms with Crippen LogP contribution in [-0.2, 0) is 0 Å². The van der Waals surface area contributed by atoms with Gasteiger partial charge in [0.25, 0.3) is 0 Å². The first-order chi connectivity index (χ1) is 9.49. The molecule has 0 aliphatic heterocycles. The van der Waals surface area contributed by atoms with Crippen LogP contribution in [0.1, 0.15) is 10.5 Å². The van der Waals surface area contributed by atoms with Gasteiger partial charge in [0.1, 0.15) is 0 Å². The lowest BCUT2D eigenvalue weighted by atomic mass is 10.3. The molecule has 0 radical (unpaired) electrons. The molecule has 2 rings (SSSR count). The number of hydrogen-bond acceptors (Lipinski definition) is 5. The van der Waals surface area contributed by atoms with E-state index in [2.05, 4.69) is 20.9 Å². The van der Waals surface area contributed by atoms with Crippen molar-refractivity contribution in [3.05, 3.63) is 56.7 Å². The Morgan fingerprint density at radius 1 is 1.30 bits per heavy atom. The molecule has 2 aromatic rings. The van der Waals surface area contributed by atoms with Crippen LogP contribution in [0.15, 0.2) is 40.9 Å². The number of nitro benzene ring substituents is 1. The second-order valence-corrected chi connectivity index (χ2v) is 4.47. The van der Waals surface area contributed by atoms with Crippen molar-refractivity contribution in [2.45, 2.75) is 0 Å². The van der Waals surface area contributed by atoms with Crippen molar-refractivity contribution in [1.82, 2.24) is 4.98 Å². The van der Waals surface area contributed by atoms with Crippen LogP contribution >= 0.6 is 15.9 Å². The summed E-state index contributed by atoms with van der Waals surface area (Å²) in [5, 5.41) is 19.8. The number of carboxylic acid groups (broad SMARTS) is 1. The van der Waals surface area contributed by atoms with Crippen molar-refractivity contribution in [3.63, 3.8) is 0 Å². The van der Waals surface area contributed by atoms with Crippen molar-refractivity contribution >= 4 is 27.6 Å². The number of aromatic nitrogens is 1. The number of benzene rings is 1. The van der Waals surface area contributed by atoms with Gasteiger partial charge in [0.15, 0.2) is 5.69 Å². The fourth-order valence-electron chi connectivity index (χ4n) is 1.44. The minimum atomic E-state index is -1.21. The Kier molecular flexibility index (Phi) is 3.94. The van der Waals surface area contributed by atoms with Crippen LogP contribution in [0.25, 0.3) is 0 Å². The summed E-state index contributed by atoms with van der Waals surface area (Å²) in [4.78, 5) is 24.9. The van der Waals surface area contributed by atoms with Gasteiger partial charge < -0.3 is 9.84 Å². The maximum atomic E-state index is 10.9. The molecule has 7 nitrogen and oxygen atoms in total. The molecule has 1 N–H and O–H groups in total. The number of para-hydroxylation sites is 1. The van der Waals surface area contributed by atoms with Gasteiger partial charge in [-0.15, -0.1) is 0 Å². The number of rotatable bonds is 4. The summed E-state index contributed by atoms with van der Waals surface area (Å²) in [5.41, 5.74) is -0.459. The molecule has 0 fully saturated rings. The number of pyridine rings is 1. The standard InChI is InChI=1S/C12H7BrN2O5/c13-7-3-1-5-9(15(18)19)11(7)20-10-6-2-4-8(14-10)12(16)17/h1-6H,(H,16,17). The zero-order chi connectivity index (χ0) is 14.7. The minimum Gasteiger partial charge on any atom is -0.477 e. The third-order valence-corrected chi connectivity index (χ3v) is 2.92. The van der Waals surface area contributed by atoms with E-state index >= 15 is 0 Å². The van der Waals surface area contributed by atoms with E-state index in [-0.39, 0.29) is 23.0 Å². The molecule has 102 valence electrons. The number of carboxylic acids is 1. The zero-order valence-electron chi connectivity index (χ0n) is 9.82. The average Bonchev–Trinajstić information content (AvgIpc) is 2.41. The summed E-state index contributed by atoms with van der Waals surface area (Å²) in [6.07, 6.45) is 0. The minimum absolute atomic E-state index is 0.0347. The number of ether oxygens (including phenoxy) is 1. The van der Waals surface area contributed by atoms with E-state index in [4.69, 9.17) is 9.84 Å². The summed E-state index contributed by atoms with van der Waals surface area (Å²) < 4.78 is 5.70. The summed E-state index contributed by atoms with van der Waals surface area (Å²) in [6.45, 7) is 0. The van der Waals surface area contributed by atoms with Crippen LogP contribution in [0.2, 0.25) is 0 Å². The van der Waals surface area contributed by atoms with E-state index in [1.807, 2.05) is 0 Å². The number of nitrogens with zero attached hydrogens (tertiary/aromatic N) is 2. The SMILES string of the molecule is O=C(O)c1cccc(Oc2c(Br)cccc2[N+](=O)[O-])n1. The number of aromatic carboxylic acids is 1. The van der Waals surface area contributed by atoms with E-state index in [1.165, 1.54) is 30.3 Å². The van der Waals surface area contributed by atoms with Gasteiger partial charge in [-0.3, -0.25) is 10.1 Å². The van der Waals surface area contributed by atoms with Crippen molar-refractivity contribution < 1.29 is 19.6 Å². The monoisotopic (exact) mass is 338 g/mol. The van der Waals surface area contributed by atoms with Gasteiger partial charge in [0.05, 0.1) is 9.40 Å². The molecule has 0 saturated carbocycles. The normalized spacial score (nSPS) is 10.1. The smallest absolute Gasteiger partial charge is 0.354 e. The number of hydrogen-bond donors (Lipinski definition) is 1. The van der Waals surface area contributed by atoms with Gasteiger partial charge in [0, 0.05) is 12.1 Å². The number of halogens is 1. The second-order valence-electron chi connectivity index (χ2n) is 3.61. The number of nitro groups is 1. The van der Waals surface area contributed by atoms with Crippen LogP contribution in [0, 0.1) is 10.1 Å². The molecular formula is C12H7BrN2O5. The Balaban J connectivity index is 2.42. The van der Waals surface area contributed by atoms with Crippen molar-refractivity contribution in [2.24, 2.45) is 0 Å². The molecule has 20 heavy (non-hydrogen) atoms. The zero-order valence-corrected chi connectivity index (χ0v) is 11.4. The first-order valence-corrected chi connectivity index (χ1v) is 6.09. The summed E-state index contributed by atoms with van der Waals surface area (Å²) in [5.74, 6) is -1.29. The molecule has 0 atom stereocenters. The molecular weight excluding hydrogens is 332 g/mol. The predicted molar refractivity (Wildman–Crippen MR) is 72.1 cm³/mol. The van der Waals surface area contributed by atoms with E-state index in [0.717, 1.165) is 0 Å². The van der Waals surface area contributed by atoms with Gasteiger partial charge in [-0.1, -0.05) is 12.1 Å². The number of carbonyl (C=O) groups is 1. The summed E-state index contributed by atoms with van der Waals surface area (Å²) in [7, 11) is 0. The Morgan fingerprint density at radius 3 is 2.65 bits per heavy atom. The van der Waals surface area contributed by atoms with Gasteiger partial charge in [-0.2, -0.15) is 0 Å². The molecule has 0 spiro atoms. The largest absolute Gasteiger partial charge is 0.477 e. The van der Waals surface area contributed by atoms with Gasteiger partial charge >= 0.3 is 11.7 Å². The molecule has 0 bridgehead atoms. The highest BCUT2D eigenvalue weighted by atomic mass is 79.9.